The molecule has 35 heteroatoms. The molecule has 6 rings (SSSR count). The largest absolute Gasteiger partial charge is 0.779 e. The summed E-state index contributed by atoms with van der Waals surface area (Å²) in [5, 5.41) is 43.6. The van der Waals surface area contributed by atoms with E-state index in [1.807, 2.05) is 13.8 Å². The fourth-order valence-electron chi connectivity index (χ4n) is 5.82. The quantitative estimate of drug-likeness (QED) is 0.0223. The number of nitrogens with two attached hydrogens (primary N) is 2. The summed E-state index contributed by atoms with van der Waals surface area (Å²) in [4.78, 5) is 60.9. The van der Waals surface area contributed by atoms with Crippen LogP contribution in [0.25, 0.3) is 22.3 Å². The van der Waals surface area contributed by atoms with Gasteiger partial charge in [-0.2, -0.15) is 0 Å². The summed E-state index contributed by atoms with van der Waals surface area (Å²) in [6.45, 7) is -8.59. The van der Waals surface area contributed by atoms with Crippen LogP contribution in [-0.4, -0.2) is 126 Å². The van der Waals surface area contributed by atoms with Gasteiger partial charge in [0.05, 0.1) is 25.9 Å². The van der Waals surface area contributed by atoms with E-state index in [1.54, 1.807) is 0 Å². The third kappa shape index (κ3) is 11.2. The van der Waals surface area contributed by atoms with Gasteiger partial charge >= 0.3 is 0 Å². The lowest BCUT2D eigenvalue weighted by molar-refractivity contribution is -0.221. The maximum atomic E-state index is 13.0. The first-order chi connectivity index (χ1) is 29.0. The van der Waals surface area contributed by atoms with Gasteiger partial charge < -0.3 is 86.5 Å². The lowest BCUT2D eigenvalue weighted by Crippen LogP contribution is -2.34. The number of imidazole rings is 2. The Labute approximate surface area is 374 Å². The monoisotopic (exact) mass is 1040 g/mol. The van der Waals surface area contributed by atoms with E-state index in [-0.39, 0.29) is 34.0 Å². The van der Waals surface area contributed by atoms with E-state index in [9.17, 15) is 48.8 Å². The van der Waals surface area contributed by atoms with Crippen LogP contribution in [0.2, 0.25) is 0 Å². The van der Waals surface area contributed by atoms with Gasteiger partial charge in [0.15, 0.2) is 65.7 Å². The summed E-state index contributed by atoms with van der Waals surface area (Å²) in [5.74, 6) is 1.41. The molecule has 4 aromatic rings. The van der Waals surface area contributed by atoms with E-state index in [4.69, 9.17) is 41.6 Å². The third-order valence-corrected chi connectivity index (χ3v) is 21.2. The zero-order chi connectivity index (χ0) is 45.5. The van der Waals surface area contributed by atoms with Crippen molar-refractivity contribution >= 4 is 122 Å². The Hall–Kier alpha value is -1.14. The number of nitrogens with zero attached hydrogens (tertiary/aromatic N) is 8. The standard InChI is InChI=1S/C27H41ClN10O16P4S4/c1-3-5-61-26-33-19(29)13-21(35-26)37(9-31-13)23-17(41)15(39)11(51-23)7-49-57(47,59)53-55(43,44)25(28)56(45,46)54-58(48,60)50-8-12-16(40)18(42)24(52-12)38-10-32-14-20(30)34-27(36-22(14)38)62-6-4-2/h9-12,15-18,23-25,39-42H,3-8H2,1-2H3,(H,43,44)(H,45,46)(H,47,59)(H,48,60)(H2,29,33,35)(H2,30,34,36)/p-4/t11-,12-,15-,16-,17-,18-,23-,24-,25?,57?,58?/m1/s1. The summed E-state index contributed by atoms with van der Waals surface area (Å²) in [5.41, 5.74) is 12.6. The molecule has 2 fully saturated rings. The van der Waals surface area contributed by atoms with Crippen LogP contribution in [0.15, 0.2) is 23.0 Å². The van der Waals surface area contributed by atoms with Gasteiger partial charge in [-0.25, -0.2) is 29.9 Å². The molecular formula is C27H37ClN10O16P4S4-4. The molecule has 13 atom stereocenters. The van der Waals surface area contributed by atoms with Gasteiger partial charge in [-0.15, -0.1) is 11.6 Å². The number of aliphatic hydroxyl groups is 4. The number of fused-ring (bicyclic) bond motifs is 2. The SMILES string of the molecule is CCCSc1nc(N)c2ncn([C@@H]3O[C@H](COP(=O)([S-])OP(=O)([O-])C(Cl)P(=O)([O-])OP([O-])(=S)OC[C@H]4O[C@@H](n5cnc6c(N)nc(SCCC)nc65)[C@H](O)[C@@H]4O)[C@@H](O)[C@H]3O)c2n1. The Balaban J connectivity index is 1.04. The number of aliphatic hydroxyl groups excluding tert-OH is 4. The molecule has 0 bridgehead atoms. The van der Waals surface area contributed by atoms with Gasteiger partial charge in [0, 0.05) is 11.5 Å². The first-order valence-corrected chi connectivity index (χ1v) is 28.6. The molecule has 0 aromatic carbocycles. The van der Waals surface area contributed by atoms with Gasteiger partial charge in [0.25, 0.3) is 0 Å². The lowest BCUT2D eigenvalue weighted by atomic mass is 10.1. The topological polar surface area (TPSA) is 396 Å². The number of hydrogen-bond acceptors (Lipinski definition) is 28. The predicted molar refractivity (Wildman–Crippen MR) is 222 cm³/mol. The van der Waals surface area contributed by atoms with Crippen LogP contribution in [0.5, 0.6) is 0 Å². The molecular weight excluding hydrogens is 1010 g/mol. The molecule has 8 N–H and O–H groups in total. The van der Waals surface area contributed by atoms with E-state index < -0.39 is 95.9 Å². The van der Waals surface area contributed by atoms with Crippen LogP contribution >= 0.6 is 63.8 Å². The van der Waals surface area contributed by atoms with Crippen LogP contribution in [0, 0.1) is 0 Å². The molecule has 2 saturated heterocycles. The molecule has 2 aliphatic heterocycles. The Morgan fingerprint density at radius 2 is 1.21 bits per heavy atom. The summed E-state index contributed by atoms with van der Waals surface area (Å²) >= 11 is 17.5. The van der Waals surface area contributed by atoms with E-state index >= 15 is 0 Å². The van der Waals surface area contributed by atoms with Crippen LogP contribution in [0.3, 0.4) is 0 Å². The van der Waals surface area contributed by atoms with E-state index in [0.29, 0.717) is 21.8 Å². The van der Waals surface area contributed by atoms with Gasteiger partial charge in [-0.05, 0) is 12.8 Å². The zero-order valence-corrected chi connectivity index (χ0v) is 39.4. The van der Waals surface area contributed by atoms with E-state index in [0.717, 1.165) is 12.8 Å². The van der Waals surface area contributed by atoms with Crippen LogP contribution in [-0.2, 0) is 64.9 Å². The van der Waals surface area contributed by atoms with Crippen molar-refractivity contribution in [1.82, 2.24) is 39.0 Å². The molecule has 0 radical (unpaired) electrons. The maximum absolute atomic E-state index is 13.0. The number of hydrogen-bond donors (Lipinski definition) is 6. The van der Waals surface area contributed by atoms with Crippen molar-refractivity contribution in [2.75, 3.05) is 36.2 Å². The van der Waals surface area contributed by atoms with E-state index in [2.05, 4.69) is 62.6 Å². The molecule has 346 valence electrons. The second-order valence-electron chi connectivity index (χ2n) is 13.3. The molecule has 0 spiro atoms. The minimum atomic E-state index is -6.15. The highest BCUT2D eigenvalue weighted by Gasteiger charge is 2.47. The predicted octanol–water partition coefficient (Wildman–Crippen LogP) is 0.00860. The van der Waals surface area contributed by atoms with Crippen molar-refractivity contribution in [3.05, 3.63) is 12.7 Å². The van der Waals surface area contributed by atoms with Gasteiger partial charge in [-0.1, -0.05) is 49.2 Å². The molecule has 4 aromatic heterocycles. The first-order valence-electron chi connectivity index (χ1n) is 17.9. The number of nitrogen functional groups attached to an aromatic ring is 2. The molecule has 6 heterocycles. The average molecular weight is 1050 g/mol. The van der Waals surface area contributed by atoms with Crippen molar-refractivity contribution in [2.45, 2.75) is 90.9 Å². The molecule has 0 aliphatic carbocycles. The van der Waals surface area contributed by atoms with Crippen molar-refractivity contribution in [2.24, 2.45) is 0 Å². The maximum Gasteiger partial charge on any atom is 0.204 e. The van der Waals surface area contributed by atoms with Gasteiger partial charge in [0.1, 0.15) is 54.4 Å². The molecule has 0 amide bonds. The zero-order valence-electron chi connectivity index (χ0n) is 31.8. The summed E-state index contributed by atoms with van der Waals surface area (Å²) < 4.78 is 71.2. The Morgan fingerprint density at radius 1 is 0.790 bits per heavy atom. The number of alkyl halides is 1. The van der Waals surface area contributed by atoms with Crippen molar-refractivity contribution < 1.29 is 75.9 Å². The number of rotatable bonds is 20. The number of thioether (sulfide) groups is 2. The normalized spacial score (nSPS) is 28.8. The highest BCUT2D eigenvalue weighted by molar-refractivity contribution is 8.33. The Kier molecular flexibility index (Phi) is 16.2. The smallest absolute Gasteiger partial charge is 0.204 e. The highest BCUT2D eigenvalue weighted by Crippen LogP contribution is 2.72. The van der Waals surface area contributed by atoms with Gasteiger partial charge in [0.2, 0.25) is 6.80 Å². The van der Waals surface area contributed by atoms with E-state index in [1.165, 1.54) is 45.3 Å². The molecule has 26 nitrogen and oxygen atoms in total. The lowest BCUT2D eigenvalue weighted by Gasteiger charge is -2.42. The molecule has 5 unspecified atom stereocenters. The first kappa shape index (κ1) is 50.3. The number of aromatic nitrogens is 8. The van der Waals surface area contributed by atoms with Crippen molar-refractivity contribution in [3.8, 4) is 0 Å². The summed E-state index contributed by atoms with van der Waals surface area (Å²) in [6.07, 6.45) is -8.68. The van der Waals surface area contributed by atoms with Crippen LogP contribution in [0.4, 0.5) is 11.6 Å². The second kappa shape index (κ2) is 20.0. The van der Waals surface area contributed by atoms with Crippen molar-refractivity contribution in [3.63, 3.8) is 0 Å². The Morgan fingerprint density at radius 3 is 1.65 bits per heavy atom. The fourth-order valence-corrected chi connectivity index (χ4v) is 15.9. The minimum absolute atomic E-state index is 0.0346. The number of anilines is 2. The second-order valence-corrected chi connectivity index (χ2v) is 26.3. The van der Waals surface area contributed by atoms with Crippen LogP contribution < -0.4 is 26.1 Å². The van der Waals surface area contributed by atoms with Gasteiger partial charge in [-0.3, -0.25) is 22.3 Å². The fraction of sp³-hybridized carbons (Fsp3) is 0.630. The average Bonchev–Trinajstić information content (AvgIpc) is 3.95. The summed E-state index contributed by atoms with van der Waals surface area (Å²) in [7, 11) is -12.3. The number of ether oxygens (including phenoxy) is 2. The van der Waals surface area contributed by atoms with Crippen LogP contribution in [0.1, 0.15) is 39.1 Å². The van der Waals surface area contributed by atoms with Crippen molar-refractivity contribution in [1.29, 1.82) is 0 Å². The number of halogens is 1. The molecule has 2 aliphatic rings. The third-order valence-electron chi connectivity index (χ3n) is 8.69. The minimum Gasteiger partial charge on any atom is -0.779 e. The molecule has 0 saturated carbocycles. The highest BCUT2D eigenvalue weighted by atomic mass is 35.5. The summed E-state index contributed by atoms with van der Waals surface area (Å²) in [6, 6.07) is 0. The molecule has 62 heavy (non-hydrogen) atoms. The Bertz CT molecular complexity index is 2300.